The maximum absolute atomic E-state index is 6.71. The van der Waals surface area contributed by atoms with Crippen molar-refractivity contribution in [3.05, 3.63) is 9.66 Å². The lowest BCUT2D eigenvalue weighted by atomic mass is 10.6. The summed E-state index contributed by atoms with van der Waals surface area (Å²) in [5.41, 5.74) is 0. The lowest BCUT2D eigenvalue weighted by Crippen LogP contribution is -1.71. The molecule has 7 heavy (non-hydrogen) atoms. The van der Waals surface area contributed by atoms with Gasteiger partial charge in [0, 0.05) is 0 Å². The Morgan fingerprint density at radius 2 is 2.29 bits per heavy atom. The van der Waals surface area contributed by atoms with Crippen molar-refractivity contribution < 1.29 is 0 Å². The fraction of sp³-hybridized carbons (Fsp3) is 0.250. The number of halogens is 2. The van der Waals surface area contributed by atoms with Gasteiger partial charge >= 0.3 is 0 Å². The van der Waals surface area contributed by atoms with E-state index in [-0.39, 0.29) is 5.17 Å². The highest BCUT2D eigenvalue weighted by Gasteiger charge is 1.80. The predicted octanol–water partition coefficient (Wildman–Crippen LogP) is 2.54. The summed E-state index contributed by atoms with van der Waals surface area (Å²) in [6.45, 7) is 1.89. The van der Waals surface area contributed by atoms with Gasteiger partial charge in [0.1, 0.15) is 5.17 Å². The molecule has 1 nitrogen and oxygen atoms in total. The maximum atomic E-state index is 6.71. The molecule has 0 aliphatic heterocycles. The quantitative estimate of drug-likeness (QED) is 0.528. The largest absolute Gasteiger partial charge is 0.289 e. The van der Waals surface area contributed by atoms with Crippen LogP contribution >= 0.6 is 34.2 Å². The van der Waals surface area contributed by atoms with Crippen molar-refractivity contribution in [3.8, 4) is 0 Å². The van der Waals surface area contributed by atoms with Crippen molar-refractivity contribution >= 4 is 39.4 Å². The van der Waals surface area contributed by atoms with E-state index >= 15 is 0 Å². The Kier molecular flexibility index (Phi) is 3.65. The van der Waals surface area contributed by atoms with Gasteiger partial charge in [0.15, 0.2) is 0 Å². The molecule has 0 heterocycles. The molecule has 0 fully saturated rings. The third-order valence-electron chi connectivity index (χ3n) is 0.326. The van der Waals surface area contributed by atoms with E-state index in [0.29, 0.717) is 0 Å². The summed E-state index contributed by atoms with van der Waals surface area (Å²) in [6.07, 6.45) is 1.59. The standard InChI is InChI=1S/C4H5ClIN/c1-3(6)2-4(5)7/h2,7H,1H3/b3-2+,7-4?. The number of hydrogen-bond donors (Lipinski definition) is 1. The van der Waals surface area contributed by atoms with Gasteiger partial charge in [-0.3, -0.25) is 5.41 Å². The zero-order valence-corrected chi connectivity index (χ0v) is 6.75. The molecule has 40 valence electrons. The van der Waals surface area contributed by atoms with Gasteiger partial charge in [0.2, 0.25) is 0 Å². The minimum absolute atomic E-state index is 0.0897. The Labute approximate surface area is 61.4 Å². The molecule has 0 spiro atoms. The molecular formula is C4H5ClIN. The van der Waals surface area contributed by atoms with Gasteiger partial charge in [0.25, 0.3) is 0 Å². The number of rotatable bonds is 1. The monoisotopic (exact) mass is 229 g/mol. The molecule has 0 aliphatic rings. The van der Waals surface area contributed by atoms with Crippen LogP contribution in [-0.2, 0) is 0 Å². The fourth-order valence-corrected chi connectivity index (χ4v) is 0.834. The molecule has 0 aromatic heterocycles. The van der Waals surface area contributed by atoms with Crippen molar-refractivity contribution in [2.24, 2.45) is 0 Å². The first-order valence-electron chi connectivity index (χ1n) is 1.71. The Morgan fingerprint density at radius 1 is 1.86 bits per heavy atom. The van der Waals surface area contributed by atoms with Crippen LogP contribution in [0.5, 0.6) is 0 Å². The molecule has 0 unspecified atom stereocenters. The van der Waals surface area contributed by atoms with Crippen LogP contribution in [-0.4, -0.2) is 5.17 Å². The van der Waals surface area contributed by atoms with Gasteiger partial charge in [-0.25, -0.2) is 0 Å². The molecule has 0 saturated heterocycles. The fourth-order valence-electron chi connectivity index (χ4n) is 0.175. The van der Waals surface area contributed by atoms with E-state index < -0.39 is 0 Å². The van der Waals surface area contributed by atoms with Gasteiger partial charge in [-0.05, 0) is 39.2 Å². The minimum atomic E-state index is 0.0897. The van der Waals surface area contributed by atoms with Crippen LogP contribution in [0.25, 0.3) is 0 Å². The van der Waals surface area contributed by atoms with E-state index in [1.54, 1.807) is 6.08 Å². The first-order valence-corrected chi connectivity index (χ1v) is 3.16. The Hall–Kier alpha value is 0.430. The highest BCUT2D eigenvalue weighted by molar-refractivity contribution is 14.1. The summed E-state index contributed by atoms with van der Waals surface area (Å²) in [4.78, 5) is 0. The average Bonchev–Trinajstić information content (AvgIpc) is 1.27. The van der Waals surface area contributed by atoms with Crippen molar-refractivity contribution in [3.63, 3.8) is 0 Å². The molecule has 0 saturated carbocycles. The van der Waals surface area contributed by atoms with Crippen molar-refractivity contribution in [1.29, 1.82) is 5.41 Å². The smallest absolute Gasteiger partial charge is 0.121 e. The number of nitrogens with one attached hydrogen (secondary N) is 1. The Morgan fingerprint density at radius 3 is 2.29 bits per heavy atom. The summed E-state index contributed by atoms with van der Waals surface area (Å²) in [5.74, 6) is 0. The second kappa shape index (κ2) is 3.43. The number of hydrogen-bond acceptors (Lipinski definition) is 1. The third kappa shape index (κ3) is 6.43. The lowest BCUT2D eigenvalue weighted by Gasteiger charge is -1.79. The van der Waals surface area contributed by atoms with E-state index in [4.69, 9.17) is 17.0 Å². The average molecular weight is 229 g/mol. The summed E-state index contributed by atoms with van der Waals surface area (Å²) < 4.78 is 1.03. The molecule has 0 aromatic rings. The van der Waals surface area contributed by atoms with E-state index in [2.05, 4.69) is 22.6 Å². The lowest BCUT2D eigenvalue weighted by molar-refractivity contribution is 1.56. The third-order valence-corrected chi connectivity index (χ3v) is 0.746. The molecule has 0 atom stereocenters. The molecule has 0 radical (unpaired) electrons. The van der Waals surface area contributed by atoms with Crippen molar-refractivity contribution in [2.75, 3.05) is 0 Å². The zero-order valence-electron chi connectivity index (χ0n) is 3.83. The molecule has 0 aliphatic carbocycles. The SMILES string of the molecule is C/C(I)=C\C(=N)Cl. The zero-order chi connectivity index (χ0) is 5.86. The van der Waals surface area contributed by atoms with E-state index in [0.717, 1.165) is 3.58 Å². The summed E-state index contributed by atoms with van der Waals surface area (Å²) >= 11 is 7.27. The van der Waals surface area contributed by atoms with Crippen LogP contribution in [0, 0.1) is 5.41 Å². The molecule has 0 rings (SSSR count). The van der Waals surface area contributed by atoms with E-state index in [1.165, 1.54) is 0 Å². The van der Waals surface area contributed by atoms with Crippen LogP contribution in [0.15, 0.2) is 9.66 Å². The molecule has 1 N–H and O–H groups in total. The first-order chi connectivity index (χ1) is 3.13. The van der Waals surface area contributed by atoms with Gasteiger partial charge in [-0.15, -0.1) is 0 Å². The molecule has 3 heteroatoms. The van der Waals surface area contributed by atoms with E-state index in [9.17, 15) is 0 Å². The van der Waals surface area contributed by atoms with Gasteiger partial charge in [0.05, 0.1) is 0 Å². The van der Waals surface area contributed by atoms with Gasteiger partial charge < -0.3 is 0 Å². The number of allylic oxidation sites excluding steroid dienone is 2. The molecule has 0 aromatic carbocycles. The van der Waals surface area contributed by atoms with Crippen LogP contribution in [0.1, 0.15) is 6.92 Å². The normalized spacial score (nSPS) is 11.6. The van der Waals surface area contributed by atoms with Crippen molar-refractivity contribution in [2.45, 2.75) is 6.92 Å². The van der Waals surface area contributed by atoms with Crippen molar-refractivity contribution in [1.82, 2.24) is 0 Å². The predicted molar refractivity (Wildman–Crippen MR) is 41.4 cm³/mol. The Bertz CT molecular complexity index is 104. The molecule has 0 amide bonds. The highest BCUT2D eigenvalue weighted by Crippen LogP contribution is 2.03. The summed E-state index contributed by atoms with van der Waals surface area (Å²) in [6, 6.07) is 0. The highest BCUT2D eigenvalue weighted by atomic mass is 127. The van der Waals surface area contributed by atoms with Crippen LogP contribution in [0.4, 0.5) is 0 Å². The summed E-state index contributed by atoms with van der Waals surface area (Å²) in [5, 5.41) is 6.80. The van der Waals surface area contributed by atoms with Gasteiger partial charge in [-0.1, -0.05) is 11.6 Å². The van der Waals surface area contributed by atoms with E-state index in [1.807, 2.05) is 6.92 Å². The van der Waals surface area contributed by atoms with Crippen LogP contribution in [0.2, 0.25) is 0 Å². The van der Waals surface area contributed by atoms with Gasteiger partial charge in [-0.2, -0.15) is 0 Å². The second-order valence-corrected chi connectivity index (χ2v) is 3.19. The maximum Gasteiger partial charge on any atom is 0.121 e. The second-order valence-electron chi connectivity index (χ2n) is 1.08. The Balaban J connectivity index is 3.68. The van der Waals surface area contributed by atoms with Crippen LogP contribution < -0.4 is 0 Å². The minimum Gasteiger partial charge on any atom is -0.289 e. The summed E-state index contributed by atoms with van der Waals surface area (Å²) in [7, 11) is 0. The molecule has 0 bridgehead atoms. The topological polar surface area (TPSA) is 23.9 Å². The van der Waals surface area contributed by atoms with Crippen LogP contribution in [0.3, 0.4) is 0 Å². The first kappa shape index (κ1) is 7.43. The molecular weight excluding hydrogens is 224 g/mol.